The highest BCUT2D eigenvalue weighted by Gasteiger charge is 2.09. The SMILES string of the molecule is CCCCS(=O)(=O)Nc1ccc(NC(C)CC)cc1. The molecule has 0 fully saturated rings. The minimum atomic E-state index is -3.21. The molecule has 0 aliphatic carbocycles. The minimum absolute atomic E-state index is 0.177. The normalized spacial score (nSPS) is 13.0. The van der Waals surface area contributed by atoms with Crippen LogP contribution >= 0.6 is 0 Å². The van der Waals surface area contributed by atoms with Gasteiger partial charge in [0, 0.05) is 17.4 Å². The van der Waals surface area contributed by atoms with Crippen LogP contribution in [-0.2, 0) is 10.0 Å². The lowest BCUT2D eigenvalue weighted by Crippen LogP contribution is -2.16. The molecule has 5 heteroatoms. The Balaban J connectivity index is 2.61. The first-order chi connectivity index (χ1) is 8.96. The third-order valence-corrected chi connectivity index (χ3v) is 4.32. The van der Waals surface area contributed by atoms with Crippen LogP contribution in [0.15, 0.2) is 24.3 Å². The molecule has 108 valence electrons. The molecule has 0 amide bonds. The molecule has 19 heavy (non-hydrogen) atoms. The molecule has 0 bridgehead atoms. The largest absolute Gasteiger partial charge is 0.383 e. The molecule has 1 unspecified atom stereocenters. The van der Waals surface area contributed by atoms with Gasteiger partial charge in [-0.2, -0.15) is 0 Å². The van der Waals surface area contributed by atoms with Gasteiger partial charge in [0.25, 0.3) is 0 Å². The molecule has 0 aliphatic heterocycles. The molecule has 0 aromatic heterocycles. The highest BCUT2D eigenvalue weighted by atomic mass is 32.2. The number of benzene rings is 1. The van der Waals surface area contributed by atoms with E-state index in [1.807, 2.05) is 19.1 Å². The number of sulfonamides is 1. The Bertz CT molecular complexity index is 469. The standard InChI is InChI=1S/C14H24N2O2S/c1-4-6-11-19(17,18)16-14-9-7-13(8-10-14)15-12(3)5-2/h7-10,12,15-16H,4-6,11H2,1-3H3. The van der Waals surface area contributed by atoms with Crippen LogP contribution in [0.4, 0.5) is 11.4 Å². The van der Waals surface area contributed by atoms with E-state index in [1.165, 1.54) is 0 Å². The molecule has 1 atom stereocenters. The fourth-order valence-electron chi connectivity index (χ4n) is 1.59. The van der Waals surface area contributed by atoms with Crippen molar-refractivity contribution in [3.63, 3.8) is 0 Å². The van der Waals surface area contributed by atoms with Crippen LogP contribution in [0.1, 0.15) is 40.0 Å². The predicted octanol–water partition coefficient (Wildman–Crippen LogP) is 3.44. The Morgan fingerprint density at radius 1 is 1.11 bits per heavy atom. The van der Waals surface area contributed by atoms with Crippen molar-refractivity contribution in [3.05, 3.63) is 24.3 Å². The van der Waals surface area contributed by atoms with Gasteiger partial charge in [0.2, 0.25) is 10.0 Å². The fourth-order valence-corrected chi connectivity index (χ4v) is 2.85. The monoisotopic (exact) mass is 284 g/mol. The zero-order chi connectivity index (χ0) is 14.3. The van der Waals surface area contributed by atoms with Crippen LogP contribution in [0.25, 0.3) is 0 Å². The van der Waals surface area contributed by atoms with E-state index in [9.17, 15) is 8.42 Å². The van der Waals surface area contributed by atoms with E-state index in [0.29, 0.717) is 18.2 Å². The maximum absolute atomic E-state index is 11.7. The first-order valence-electron chi connectivity index (χ1n) is 6.84. The molecule has 0 heterocycles. The van der Waals surface area contributed by atoms with Crippen molar-refractivity contribution in [2.75, 3.05) is 15.8 Å². The highest BCUT2D eigenvalue weighted by molar-refractivity contribution is 7.92. The summed E-state index contributed by atoms with van der Waals surface area (Å²) in [6, 6.07) is 7.77. The molecule has 4 nitrogen and oxygen atoms in total. The zero-order valence-corrected chi connectivity index (χ0v) is 12.8. The Morgan fingerprint density at radius 3 is 2.21 bits per heavy atom. The first-order valence-corrected chi connectivity index (χ1v) is 8.49. The van der Waals surface area contributed by atoms with Crippen molar-refractivity contribution in [2.45, 2.75) is 46.1 Å². The summed E-state index contributed by atoms with van der Waals surface area (Å²) >= 11 is 0. The molecule has 1 rings (SSSR count). The molecule has 0 radical (unpaired) electrons. The zero-order valence-electron chi connectivity index (χ0n) is 11.9. The molecular weight excluding hydrogens is 260 g/mol. The minimum Gasteiger partial charge on any atom is -0.383 e. The number of hydrogen-bond acceptors (Lipinski definition) is 3. The molecule has 1 aromatic carbocycles. The van der Waals surface area contributed by atoms with E-state index < -0.39 is 10.0 Å². The third-order valence-electron chi connectivity index (χ3n) is 2.95. The summed E-state index contributed by atoms with van der Waals surface area (Å²) in [6.45, 7) is 6.21. The summed E-state index contributed by atoms with van der Waals surface area (Å²) in [5.74, 6) is 0.177. The fraction of sp³-hybridized carbons (Fsp3) is 0.571. The van der Waals surface area contributed by atoms with Crippen LogP contribution in [-0.4, -0.2) is 20.2 Å². The molecule has 2 N–H and O–H groups in total. The molecular formula is C14H24N2O2S. The van der Waals surface area contributed by atoms with Gasteiger partial charge in [-0.05, 0) is 44.0 Å². The van der Waals surface area contributed by atoms with Gasteiger partial charge in [0.05, 0.1) is 5.75 Å². The van der Waals surface area contributed by atoms with E-state index in [2.05, 4.69) is 23.9 Å². The number of hydrogen-bond donors (Lipinski definition) is 2. The molecule has 0 spiro atoms. The van der Waals surface area contributed by atoms with Crippen molar-refractivity contribution in [2.24, 2.45) is 0 Å². The molecule has 0 aliphatic rings. The maximum Gasteiger partial charge on any atom is 0.232 e. The number of nitrogens with one attached hydrogen (secondary N) is 2. The van der Waals surface area contributed by atoms with Crippen LogP contribution in [0.2, 0.25) is 0 Å². The highest BCUT2D eigenvalue weighted by Crippen LogP contribution is 2.16. The van der Waals surface area contributed by atoms with Crippen LogP contribution in [0.5, 0.6) is 0 Å². The second-order valence-electron chi connectivity index (χ2n) is 4.81. The average Bonchev–Trinajstić information content (AvgIpc) is 2.38. The average molecular weight is 284 g/mol. The van der Waals surface area contributed by atoms with Crippen LogP contribution < -0.4 is 10.0 Å². The molecule has 1 aromatic rings. The van der Waals surface area contributed by atoms with E-state index in [0.717, 1.165) is 18.5 Å². The molecule has 0 saturated heterocycles. The Kier molecular flexibility index (Phi) is 6.15. The number of unbranched alkanes of at least 4 members (excludes halogenated alkanes) is 1. The van der Waals surface area contributed by atoms with Crippen molar-refractivity contribution < 1.29 is 8.42 Å². The van der Waals surface area contributed by atoms with Gasteiger partial charge in [-0.15, -0.1) is 0 Å². The topological polar surface area (TPSA) is 58.2 Å². The van der Waals surface area contributed by atoms with Gasteiger partial charge < -0.3 is 5.32 Å². The van der Waals surface area contributed by atoms with Gasteiger partial charge >= 0.3 is 0 Å². The van der Waals surface area contributed by atoms with E-state index >= 15 is 0 Å². The van der Waals surface area contributed by atoms with Gasteiger partial charge in [-0.25, -0.2) is 8.42 Å². The van der Waals surface area contributed by atoms with Gasteiger partial charge in [-0.1, -0.05) is 20.3 Å². The number of anilines is 2. The summed E-state index contributed by atoms with van der Waals surface area (Å²) in [6.07, 6.45) is 2.60. The predicted molar refractivity (Wildman–Crippen MR) is 82.1 cm³/mol. The summed E-state index contributed by atoms with van der Waals surface area (Å²) in [4.78, 5) is 0. The van der Waals surface area contributed by atoms with Gasteiger partial charge in [0.15, 0.2) is 0 Å². The summed E-state index contributed by atoms with van der Waals surface area (Å²) in [5, 5.41) is 3.34. The Hall–Kier alpha value is -1.23. The number of rotatable bonds is 8. The van der Waals surface area contributed by atoms with Crippen molar-refractivity contribution in [1.82, 2.24) is 0 Å². The summed E-state index contributed by atoms with van der Waals surface area (Å²) < 4.78 is 26.1. The Labute approximate surface area is 116 Å². The van der Waals surface area contributed by atoms with E-state index in [-0.39, 0.29) is 5.75 Å². The maximum atomic E-state index is 11.7. The second kappa shape index (κ2) is 7.38. The third kappa shape index (κ3) is 5.96. The Morgan fingerprint density at radius 2 is 1.68 bits per heavy atom. The van der Waals surface area contributed by atoms with E-state index in [4.69, 9.17) is 0 Å². The lowest BCUT2D eigenvalue weighted by Gasteiger charge is -2.13. The lowest BCUT2D eigenvalue weighted by atomic mass is 10.2. The van der Waals surface area contributed by atoms with Gasteiger partial charge in [0.1, 0.15) is 0 Å². The van der Waals surface area contributed by atoms with Crippen molar-refractivity contribution >= 4 is 21.4 Å². The van der Waals surface area contributed by atoms with Crippen molar-refractivity contribution in [1.29, 1.82) is 0 Å². The first kappa shape index (κ1) is 15.8. The van der Waals surface area contributed by atoms with Crippen molar-refractivity contribution in [3.8, 4) is 0 Å². The quantitative estimate of drug-likeness (QED) is 0.769. The summed E-state index contributed by atoms with van der Waals surface area (Å²) in [7, 11) is -3.21. The second-order valence-corrected chi connectivity index (χ2v) is 6.65. The van der Waals surface area contributed by atoms with Crippen LogP contribution in [0, 0.1) is 0 Å². The van der Waals surface area contributed by atoms with Gasteiger partial charge in [-0.3, -0.25) is 4.72 Å². The molecule has 0 saturated carbocycles. The lowest BCUT2D eigenvalue weighted by molar-refractivity contribution is 0.598. The van der Waals surface area contributed by atoms with Crippen LogP contribution in [0.3, 0.4) is 0 Å². The van der Waals surface area contributed by atoms with E-state index in [1.54, 1.807) is 12.1 Å². The summed E-state index contributed by atoms with van der Waals surface area (Å²) in [5.41, 5.74) is 1.62. The smallest absolute Gasteiger partial charge is 0.232 e.